The van der Waals surface area contributed by atoms with Crippen LogP contribution in [0, 0.1) is 0 Å². The fourth-order valence-corrected chi connectivity index (χ4v) is 5.48. The monoisotopic (exact) mass is 458 g/mol. The number of halogens is 1. The van der Waals surface area contributed by atoms with Gasteiger partial charge in [0.1, 0.15) is 17.1 Å². The van der Waals surface area contributed by atoms with E-state index in [1.54, 1.807) is 12.1 Å². The van der Waals surface area contributed by atoms with Crippen molar-refractivity contribution in [2.45, 2.75) is 37.0 Å². The lowest BCUT2D eigenvalue weighted by Crippen LogP contribution is -2.53. The molecule has 0 bridgehead atoms. The molecule has 0 aliphatic carbocycles. The van der Waals surface area contributed by atoms with Crippen LogP contribution in [0.15, 0.2) is 36.4 Å². The van der Waals surface area contributed by atoms with Crippen LogP contribution >= 0.6 is 11.6 Å². The van der Waals surface area contributed by atoms with E-state index in [0.717, 1.165) is 48.7 Å². The van der Waals surface area contributed by atoms with Crippen molar-refractivity contribution >= 4 is 29.0 Å². The number of aromatic hydroxyl groups is 1. The van der Waals surface area contributed by atoms with Crippen LogP contribution in [0.1, 0.15) is 18.4 Å². The van der Waals surface area contributed by atoms with Crippen LogP contribution in [-0.4, -0.2) is 65.1 Å². The van der Waals surface area contributed by atoms with Gasteiger partial charge in [-0.15, -0.1) is 0 Å². The highest BCUT2D eigenvalue weighted by atomic mass is 35.5. The van der Waals surface area contributed by atoms with Crippen LogP contribution in [0.5, 0.6) is 11.5 Å². The number of benzene rings is 2. The molecule has 5 N–H and O–H groups in total. The molecule has 3 heterocycles. The molecule has 8 nitrogen and oxygen atoms in total. The lowest BCUT2D eigenvalue weighted by molar-refractivity contribution is -0.0107. The van der Waals surface area contributed by atoms with Crippen LogP contribution < -0.4 is 20.7 Å². The van der Waals surface area contributed by atoms with E-state index in [9.17, 15) is 15.0 Å². The number of amides is 2. The fourth-order valence-electron chi connectivity index (χ4n) is 5.29. The minimum Gasteiger partial charge on any atom is -0.508 e. The average Bonchev–Trinajstić information content (AvgIpc) is 3.29. The quantitative estimate of drug-likeness (QED) is 0.526. The molecule has 2 unspecified atom stereocenters. The van der Waals surface area contributed by atoms with Crippen molar-refractivity contribution in [3.8, 4) is 11.5 Å². The van der Waals surface area contributed by atoms with Gasteiger partial charge in [0.2, 0.25) is 0 Å². The van der Waals surface area contributed by atoms with E-state index in [-0.39, 0.29) is 17.4 Å². The molecule has 170 valence electrons. The van der Waals surface area contributed by atoms with Crippen LogP contribution in [0.3, 0.4) is 0 Å². The second-order valence-corrected chi connectivity index (χ2v) is 9.42. The Morgan fingerprint density at radius 2 is 1.97 bits per heavy atom. The molecule has 2 amide bonds. The molecular formula is C23H27ClN4O4. The summed E-state index contributed by atoms with van der Waals surface area (Å²) < 4.78 is 6.35. The van der Waals surface area contributed by atoms with Crippen molar-refractivity contribution in [2.24, 2.45) is 5.73 Å². The van der Waals surface area contributed by atoms with Crippen LogP contribution in [0.4, 0.5) is 16.2 Å². The lowest BCUT2D eigenvalue weighted by atomic mass is 9.86. The van der Waals surface area contributed by atoms with Gasteiger partial charge < -0.3 is 30.9 Å². The number of hydrogen-bond acceptors (Lipinski definition) is 6. The predicted molar refractivity (Wildman–Crippen MR) is 123 cm³/mol. The molecule has 2 saturated heterocycles. The fraction of sp³-hybridized carbons (Fsp3) is 0.435. The van der Waals surface area contributed by atoms with Gasteiger partial charge >= 0.3 is 6.03 Å². The highest BCUT2D eigenvalue weighted by molar-refractivity contribution is 6.30. The number of piperidine rings is 1. The zero-order chi connectivity index (χ0) is 22.5. The first-order valence-corrected chi connectivity index (χ1v) is 11.2. The highest BCUT2D eigenvalue weighted by Gasteiger charge is 2.45. The van der Waals surface area contributed by atoms with E-state index >= 15 is 0 Å². The van der Waals surface area contributed by atoms with Gasteiger partial charge in [0.25, 0.3) is 0 Å². The Hall–Kier alpha value is -2.68. The van der Waals surface area contributed by atoms with E-state index in [4.69, 9.17) is 22.1 Å². The van der Waals surface area contributed by atoms with E-state index in [1.165, 1.54) is 6.07 Å². The third-order valence-electron chi connectivity index (χ3n) is 6.88. The number of carbonyl (C=O) groups excluding carboxylic acids is 1. The first kappa shape index (κ1) is 21.2. The van der Waals surface area contributed by atoms with Gasteiger partial charge in [-0.2, -0.15) is 0 Å². The van der Waals surface area contributed by atoms with Crippen molar-refractivity contribution in [1.82, 2.24) is 4.90 Å². The lowest BCUT2D eigenvalue weighted by Gasteiger charge is -2.41. The average molecular weight is 459 g/mol. The number of β-amino-alcohol motifs (C(OH)–C–C–N with tert-alkyl or cyclic N) is 1. The molecule has 3 aliphatic heterocycles. The highest BCUT2D eigenvalue weighted by Crippen LogP contribution is 2.43. The summed E-state index contributed by atoms with van der Waals surface area (Å²) >= 11 is 6.15. The van der Waals surface area contributed by atoms with Crippen molar-refractivity contribution in [3.05, 3.63) is 47.0 Å². The second-order valence-electron chi connectivity index (χ2n) is 8.98. The Morgan fingerprint density at radius 3 is 2.72 bits per heavy atom. The molecule has 32 heavy (non-hydrogen) atoms. The molecule has 1 spiro atoms. The van der Waals surface area contributed by atoms with Gasteiger partial charge in [-0.1, -0.05) is 11.6 Å². The molecule has 9 heteroatoms. The maximum atomic E-state index is 11.4. The normalized spacial score (nSPS) is 24.4. The van der Waals surface area contributed by atoms with Crippen LogP contribution in [-0.2, 0) is 6.42 Å². The number of carbonyl (C=O) groups is 1. The number of nitrogens with one attached hydrogen (secondary N) is 1. The maximum Gasteiger partial charge on any atom is 0.316 e. The number of fused-ring (bicyclic) bond motifs is 1. The molecular weight excluding hydrogens is 432 g/mol. The number of likely N-dealkylation sites (tertiary alicyclic amines) is 1. The molecule has 0 aromatic heterocycles. The van der Waals surface area contributed by atoms with Crippen molar-refractivity contribution in [2.75, 3.05) is 36.4 Å². The maximum absolute atomic E-state index is 11.4. The zero-order valence-corrected chi connectivity index (χ0v) is 18.4. The number of rotatable bonds is 3. The van der Waals surface area contributed by atoms with Crippen molar-refractivity contribution in [1.29, 1.82) is 0 Å². The third-order valence-corrected chi connectivity index (χ3v) is 7.11. The first-order valence-electron chi connectivity index (χ1n) is 10.9. The van der Waals surface area contributed by atoms with Crippen molar-refractivity contribution < 1.29 is 19.7 Å². The Kier molecular flexibility index (Phi) is 5.31. The van der Waals surface area contributed by atoms with Gasteiger partial charge in [-0.3, -0.25) is 4.90 Å². The summed E-state index contributed by atoms with van der Waals surface area (Å²) in [6, 6.07) is 9.77. The first-order chi connectivity index (χ1) is 15.3. The molecule has 2 aromatic carbocycles. The molecule has 5 rings (SSSR count). The number of anilines is 2. The molecule has 3 aliphatic rings. The molecule has 2 fully saturated rings. The molecule has 0 saturated carbocycles. The van der Waals surface area contributed by atoms with E-state index in [1.807, 2.05) is 23.1 Å². The minimum absolute atomic E-state index is 0.0469. The molecule has 2 aromatic rings. The third kappa shape index (κ3) is 3.94. The van der Waals surface area contributed by atoms with E-state index in [2.05, 4.69) is 10.2 Å². The number of phenols is 1. The summed E-state index contributed by atoms with van der Waals surface area (Å²) in [6.45, 7) is 2.64. The Balaban J connectivity index is 1.26. The number of aliphatic hydroxyl groups is 1. The van der Waals surface area contributed by atoms with Gasteiger partial charge in [0.15, 0.2) is 0 Å². The SMILES string of the molecule is NC(=O)Nc1ccc(O)cc1N1CC(O)C(N2CCC3(CC2)Cc2cc(Cl)ccc2O3)C1. The zero-order valence-electron chi connectivity index (χ0n) is 17.6. The summed E-state index contributed by atoms with van der Waals surface area (Å²) in [4.78, 5) is 15.7. The summed E-state index contributed by atoms with van der Waals surface area (Å²) in [6.07, 6.45) is 2.07. The largest absolute Gasteiger partial charge is 0.508 e. The Bertz CT molecular complexity index is 1040. The summed E-state index contributed by atoms with van der Waals surface area (Å²) in [5.74, 6) is 1.01. The Morgan fingerprint density at radius 1 is 1.19 bits per heavy atom. The predicted octanol–water partition coefficient (Wildman–Crippen LogP) is 2.56. The molecule has 0 radical (unpaired) electrons. The number of phenolic OH excluding ortho intramolecular Hbond substituents is 1. The van der Waals surface area contributed by atoms with Gasteiger partial charge in [-0.25, -0.2) is 4.79 Å². The van der Waals surface area contributed by atoms with Gasteiger partial charge in [0.05, 0.1) is 23.5 Å². The number of aliphatic hydroxyl groups excluding tert-OH is 1. The van der Waals surface area contributed by atoms with E-state index < -0.39 is 12.1 Å². The van der Waals surface area contributed by atoms with Crippen molar-refractivity contribution in [3.63, 3.8) is 0 Å². The number of hydrogen-bond donors (Lipinski definition) is 4. The second kappa shape index (κ2) is 8.03. The number of nitrogens with two attached hydrogens (primary N) is 1. The number of nitrogens with zero attached hydrogens (tertiary/aromatic N) is 2. The van der Waals surface area contributed by atoms with E-state index in [0.29, 0.717) is 24.5 Å². The number of urea groups is 1. The summed E-state index contributed by atoms with van der Waals surface area (Å²) in [5.41, 5.74) is 7.41. The van der Waals surface area contributed by atoms with Crippen LogP contribution in [0.25, 0.3) is 0 Å². The van der Waals surface area contributed by atoms with Crippen LogP contribution in [0.2, 0.25) is 5.02 Å². The summed E-state index contributed by atoms with van der Waals surface area (Å²) in [5, 5.41) is 24.1. The number of ether oxygens (including phenoxy) is 1. The minimum atomic E-state index is -0.673. The summed E-state index contributed by atoms with van der Waals surface area (Å²) in [7, 11) is 0. The number of primary amides is 1. The van der Waals surface area contributed by atoms with Gasteiger partial charge in [0, 0.05) is 56.5 Å². The standard InChI is InChI=1S/C23H27ClN4O4/c24-15-1-4-21-14(9-15)11-23(32-21)5-7-27(8-6-23)19-12-28(13-20(19)30)18-10-16(29)2-3-17(18)26-22(25)31/h1-4,9-10,19-20,29-30H,5-8,11-13H2,(H3,25,26,31). The smallest absolute Gasteiger partial charge is 0.316 e. The Labute approximate surface area is 191 Å². The molecule has 2 atom stereocenters. The van der Waals surface area contributed by atoms with Gasteiger partial charge in [-0.05, 0) is 35.9 Å². The topological polar surface area (TPSA) is 111 Å².